The Morgan fingerprint density at radius 3 is 2.63 bits per heavy atom. The SMILES string of the molecule is O=C(O)C(CNCCc1cccs1)c1ccccc1. The summed E-state index contributed by atoms with van der Waals surface area (Å²) >= 11 is 1.73. The van der Waals surface area contributed by atoms with E-state index in [1.54, 1.807) is 11.3 Å². The van der Waals surface area contributed by atoms with Gasteiger partial charge in [0.1, 0.15) is 0 Å². The number of nitrogens with one attached hydrogen (secondary N) is 1. The van der Waals surface area contributed by atoms with Crippen molar-refractivity contribution in [2.45, 2.75) is 12.3 Å². The Bertz CT molecular complexity index is 496. The van der Waals surface area contributed by atoms with Crippen molar-refractivity contribution in [3.05, 3.63) is 58.3 Å². The normalized spacial score (nSPS) is 12.2. The van der Waals surface area contributed by atoms with Crippen LogP contribution in [0.15, 0.2) is 47.8 Å². The van der Waals surface area contributed by atoms with Crippen molar-refractivity contribution in [2.75, 3.05) is 13.1 Å². The van der Waals surface area contributed by atoms with Gasteiger partial charge in [-0.3, -0.25) is 4.79 Å². The number of aliphatic carboxylic acids is 1. The molecule has 1 aromatic heterocycles. The molecule has 1 aromatic carbocycles. The van der Waals surface area contributed by atoms with Gasteiger partial charge in [0, 0.05) is 11.4 Å². The molecular formula is C15H17NO2S. The molecule has 0 saturated carbocycles. The minimum atomic E-state index is -0.783. The zero-order valence-corrected chi connectivity index (χ0v) is 11.4. The molecule has 4 heteroatoms. The van der Waals surface area contributed by atoms with Crippen molar-refractivity contribution in [3.63, 3.8) is 0 Å². The molecule has 100 valence electrons. The molecule has 1 heterocycles. The third-order valence-corrected chi connectivity index (χ3v) is 3.91. The summed E-state index contributed by atoms with van der Waals surface area (Å²) < 4.78 is 0. The fourth-order valence-electron chi connectivity index (χ4n) is 1.95. The fourth-order valence-corrected chi connectivity index (χ4v) is 2.65. The van der Waals surface area contributed by atoms with Gasteiger partial charge in [-0.05, 0) is 30.0 Å². The smallest absolute Gasteiger partial charge is 0.312 e. The van der Waals surface area contributed by atoms with Gasteiger partial charge < -0.3 is 10.4 Å². The molecule has 0 saturated heterocycles. The van der Waals surface area contributed by atoms with Crippen LogP contribution < -0.4 is 5.32 Å². The van der Waals surface area contributed by atoms with Gasteiger partial charge in [0.25, 0.3) is 0 Å². The van der Waals surface area contributed by atoms with Gasteiger partial charge in [0.15, 0.2) is 0 Å². The topological polar surface area (TPSA) is 49.3 Å². The molecule has 0 radical (unpaired) electrons. The summed E-state index contributed by atoms with van der Waals surface area (Å²) in [5, 5.41) is 14.6. The van der Waals surface area contributed by atoms with Crippen LogP contribution in [0.4, 0.5) is 0 Å². The van der Waals surface area contributed by atoms with Crippen LogP contribution in [-0.2, 0) is 11.2 Å². The first kappa shape index (κ1) is 13.8. The number of hydrogen-bond acceptors (Lipinski definition) is 3. The average Bonchev–Trinajstić information content (AvgIpc) is 2.92. The van der Waals surface area contributed by atoms with Gasteiger partial charge in [-0.15, -0.1) is 11.3 Å². The number of hydrogen-bond donors (Lipinski definition) is 2. The molecule has 0 bridgehead atoms. The van der Waals surface area contributed by atoms with Gasteiger partial charge in [-0.1, -0.05) is 36.4 Å². The number of carboxylic acids is 1. The van der Waals surface area contributed by atoms with E-state index in [-0.39, 0.29) is 0 Å². The van der Waals surface area contributed by atoms with E-state index in [2.05, 4.69) is 16.8 Å². The van der Waals surface area contributed by atoms with Gasteiger partial charge >= 0.3 is 5.97 Å². The van der Waals surface area contributed by atoms with Crippen molar-refractivity contribution >= 4 is 17.3 Å². The van der Waals surface area contributed by atoms with Crippen LogP contribution >= 0.6 is 11.3 Å². The highest BCUT2D eigenvalue weighted by Crippen LogP contribution is 2.15. The Kier molecular flexibility index (Phi) is 5.12. The van der Waals surface area contributed by atoms with Gasteiger partial charge in [-0.2, -0.15) is 0 Å². The predicted octanol–water partition coefficient (Wildman–Crippen LogP) is 2.75. The van der Waals surface area contributed by atoms with Gasteiger partial charge in [0.05, 0.1) is 5.92 Å². The number of carboxylic acid groups (broad SMARTS) is 1. The maximum Gasteiger partial charge on any atom is 0.312 e. The first-order chi connectivity index (χ1) is 9.27. The molecule has 0 aliphatic carbocycles. The number of benzene rings is 1. The van der Waals surface area contributed by atoms with E-state index in [1.807, 2.05) is 36.4 Å². The Labute approximate surface area is 116 Å². The summed E-state index contributed by atoms with van der Waals surface area (Å²) in [6.07, 6.45) is 0.943. The lowest BCUT2D eigenvalue weighted by Crippen LogP contribution is -2.28. The lowest BCUT2D eigenvalue weighted by atomic mass is 9.99. The van der Waals surface area contributed by atoms with E-state index in [9.17, 15) is 9.90 Å². The summed E-state index contributed by atoms with van der Waals surface area (Å²) in [6, 6.07) is 13.5. The third-order valence-electron chi connectivity index (χ3n) is 2.98. The Morgan fingerprint density at radius 2 is 2.00 bits per heavy atom. The van der Waals surface area contributed by atoms with E-state index in [0.717, 1.165) is 18.5 Å². The second-order valence-corrected chi connectivity index (χ2v) is 5.37. The molecule has 2 aromatic rings. The minimum absolute atomic E-state index is 0.463. The van der Waals surface area contributed by atoms with Crippen LogP contribution in [0.5, 0.6) is 0 Å². The second-order valence-electron chi connectivity index (χ2n) is 4.33. The Balaban J connectivity index is 1.83. The minimum Gasteiger partial charge on any atom is -0.481 e. The zero-order chi connectivity index (χ0) is 13.5. The highest BCUT2D eigenvalue weighted by atomic mass is 32.1. The predicted molar refractivity (Wildman–Crippen MR) is 77.7 cm³/mol. The number of carbonyl (C=O) groups is 1. The molecule has 1 unspecified atom stereocenters. The first-order valence-corrected chi connectivity index (χ1v) is 7.16. The van der Waals surface area contributed by atoms with E-state index in [4.69, 9.17) is 0 Å². The highest BCUT2D eigenvalue weighted by molar-refractivity contribution is 7.09. The maximum atomic E-state index is 11.3. The van der Waals surface area contributed by atoms with Crippen molar-refractivity contribution in [1.82, 2.24) is 5.32 Å². The van der Waals surface area contributed by atoms with E-state index in [0.29, 0.717) is 6.54 Å². The van der Waals surface area contributed by atoms with Crippen LogP contribution in [0.3, 0.4) is 0 Å². The molecule has 0 amide bonds. The van der Waals surface area contributed by atoms with Gasteiger partial charge in [0.2, 0.25) is 0 Å². The van der Waals surface area contributed by atoms with Crippen molar-refractivity contribution in [2.24, 2.45) is 0 Å². The van der Waals surface area contributed by atoms with Crippen LogP contribution in [0, 0.1) is 0 Å². The van der Waals surface area contributed by atoms with Crippen LogP contribution in [0.1, 0.15) is 16.4 Å². The maximum absolute atomic E-state index is 11.3. The molecular weight excluding hydrogens is 258 g/mol. The van der Waals surface area contributed by atoms with E-state index < -0.39 is 11.9 Å². The van der Waals surface area contributed by atoms with Gasteiger partial charge in [-0.25, -0.2) is 0 Å². The third kappa shape index (κ3) is 4.19. The average molecular weight is 275 g/mol. The Hall–Kier alpha value is -1.65. The second kappa shape index (κ2) is 7.07. The first-order valence-electron chi connectivity index (χ1n) is 6.28. The molecule has 0 fully saturated rings. The molecule has 3 nitrogen and oxygen atoms in total. The van der Waals surface area contributed by atoms with E-state index >= 15 is 0 Å². The van der Waals surface area contributed by atoms with Crippen LogP contribution in [0.25, 0.3) is 0 Å². The highest BCUT2D eigenvalue weighted by Gasteiger charge is 2.18. The van der Waals surface area contributed by atoms with Crippen molar-refractivity contribution in [3.8, 4) is 0 Å². The van der Waals surface area contributed by atoms with E-state index in [1.165, 1.54) is 4.88 Å². The number of rotatable bonds is 7. The molecule has 2 N–H and O–H groups in total. The van der Waals surface area contributed by atoms with Crippen molar-refractivity contribution < 1.29 is 9.90 Å². The summed E-state index contributed by atoms with van der Waals surface area (Å²) in [5.41, 5.74) is 0.846. The lowest BCUT2D eigenvalue weighted by Gasteiger charge is -2.13. The summed E-state index contributed by atoms with van der Waals surface area (Å²) in [5.74, 6) is -1.26. The van der Waals surface area contributed by atoms with Crippen LogP contribution in [-0.4, -0.2) is 24.2 Å². The summed E-state index contributed by atoms with van der Waals surface area (Å²) in [6.45, 7) is 1.27. The van der Waals surface area contributed by atoms with Crippen molar-refractivity contribution in [1.29, 1.82) is 0 Å². The number of thiophene rings is 1. The molecule has 0 aliphatic rings. The molecule has 1 atom stereocenters. The summed E-state index contributed by atoms with van der Waals surface area (Å²) in [4.78, 5) is 12.6. The molecule has 2 rings (SSSR count). The van der Waals surface area contributed by atoms with Crippen LogP contribution in [0.2, 0.25) is 0 Å². The Morgan fingerprint density at radius 1 is 1.21 bits per heavy atom. The monoisotopic (exact) mass is 275 g/mol. The molecule has 0 aliphatic heterocycles. The zero-order valence-electron chi connectivity index (χ0n) is 10.6. The standard InChI is InChI=1S/C15H17NO2S/c17-15(18)14(12-5-2-1-3-6-12)11-16-9-8-13-7-4-10-19-13/h1-7,10,14,16H,8-9,11H2,(H,17,18). The quantitative estimate of drug-likeness (QED) is 0.764. The largest absolute Gasteiger partial charge is 0.481 e. The molecule has 0 spiro atoms. The fraction of sp³-hybridized carbons (Fsp3) is 0.267. The summed E-state index contributed by atoms with van der Waals surface area (Å²) in [7, 11) is 0. The molecule has 19 heavy (non-hydrogen) atoms. The lowest BCUT2D eigenvalue weighted by molar-refractivity contribution is -0.138.